The molecular weight excluding hydrogens is 579 g/mol. The van der Waals surface area contributed by atoms with E-state index in [-0.39, 0.29) is 23.9 Å². The number of halogens is 7. The SMILES string of the molecule is CCC(=O)N1CC(N2CC[C@@H](N(C)C(=O)C(C)(C)c3cc(C(F)(F)F)cc(C(F)(F)F)c3)[C@H](c3ccc(F)cc3C)C2)C1. The van der Waals surface area contributed by atoms with E-state index in [2.05, 4.69) is 4.90 Å². The van der Waals surface area contributed by atoms with Gasteiger partial charge in [-0.3, -0.25) is 14.5 Å². The van der Waals surface area contributed by atoms with Crippen molar-refractivity contribution in [2.75, 3.05) is 33.2 Å². The summed E-state index contributed by atoms with van der Waals surface area (Å²) in [6, 6.07) is 5.28. The molecule has 12 heteroatoms. The van der Waals surface area contributed by atoms with Gasteiger partial charge >= 0.3 is 12.4 Å². The van der Waals surface area contributed by atoms with Crippen LogP contribution < -0.4 is 0 Å². The minimum atomic E-state index is -5.04. The minimum Gasteiger partial charge on any atom is -0.341 e. The maximum atomic E-state index is 14.0. The van der Waals surface area contributed by atoms with Gasteiger partial charge in [-0.15, -0.1) is 0 Å². The Morgan fingerprint density at radius 2 is 1.47 bits per heavy atom. The first-order chi connectivity index (χ1) is 19.8. The number of likely N-dealkylation sites (N-methyl/N-ethyl adjacent to an activating group) is 1. The van der Waals surface area contributed by atoms with Gasteiger partial charge in [0.1, 0.15) is 5.82 Å². The third kappa shape index (κ3) is 6.68. The zero-order valence-electron chi connectivity index (χ0n) is 24.7. The van der Waals surface area contributed by atoms with Gasteiger partial charge in [-0.1, -0.05) is 13.0 Å². The Kier molecular flexibility index (Phi) is 8.94. The van der Waals surface area contributed by atoms with E-state index in [1.165, 1.54) is 37.9 Å². The molecule has 2 atom stereocenters. The highest BCUT2D eigenvalue weighted by atomic mass is 19.4. The van der Waals surface area contributed by atoms with Crippen LogP contribution >= 0.6 is 0 Å². The molecule has 2 heterocycles. The smallest absolute Gasteiger partial charge is 0.341 e. The highest BCUT2D eigenvalue weighted by Gasteiger charge is 2.45. The maximum Gasteiger partial charge on any atom is 0.416 e. The summed E-state index contributed by atoms with van der Waals surface area (Å²) in [4.78, 5) is 31.5. The molecule has 0 N–H and O–H groups in total. The number of carbonyl (C=O) groups is 2. The lowest BCUT2D eigenvalue weighted by Crippen LogP contribution is -2.64. The maximum absolute atomic E-state index is 14.0. The fourth-order valence-corrected chi connectivity index (χ4v) is 6.27. The van der Waals surface area contributed by atoms with E-state index in [0.29, 0.717) is 56.7 Å². The van der Waals surface area contributed by atoms with Crippen molar-refractivity contribution < 1.29 is 40.3 Å². The predicted octanol–water partition coefficient (Wildman–Crippen LogP) is 6.39. The van der Waals surface area contributed by atoms with Gasteiger partial charge in [0.05, 0.1) is 16.5 Å². The normalized spacial score (nSPS) is 20.6. The minimum absolute atomic E-state index is 0.0481. The lowest BCUT2D eigenvalue weighted by molar-refractivity contribution is -0.144. The van der Waals surface area contributed by atoms with E-state index < -0.39 is 52.2 Å². The van der Waals surface area contributed by atoms with Crippen LogP contribution in [0, 0.1) is 12.7 Å². The van der Waals surface area contributed by atoms with Crippen molar-refractivity contribution >= 4 is 11.8 Å². The average Bonchev–Trinajstić information content (AvgIpc) is 2.90. The fourth-order valence-electron chi connectivity index (χ4n) is 6.27. The summed E-state index contributed by atoms with van der Waals surface area (Å²) in [7, 11) is 1.51. The number of benzene rings is 2. The van der Waals surface area contributed by atoms with Gasteiger partial charge in [-0.2, -0.15) is 26.3 Å². The van der Waals surface area contributed by atoms with Crippen molar-refractivity contribution in [1.82, 2.24) is 14.7 Å². The summed E-state index contributed by atoms with van der Waals surface area (Å²) < 4.78 is 95.6. The number of nitrogens with zero attached hydrogens (tertiary/aromatic N) is 3. The molecule has 43 heavy (non-hydrogen) atoms. The number of piperidine rings is 1. The molecule has 2 amide bonds. The van der Waals surface area contributed by atoms with Gasteiger partial charge in [-0.05, 0) is 74.2 Å². The molecule has 2 aliphatic heterocycles. The van der Waals surface area contributed by atoms with Crippen molar-refractivity contribution in [2.24, 2.45) is 0 Å². The summed E-state index contributed by atoms with van der Waals surface area (Å²) in [5, 5.41) is 0. The third-order valence-corrected chi connectivity index (χ3v) is 8.93. The lowest BCUT2D eigenvalue weighted by atomic mass is 9.78. The molecule has 5 nitrogen and oxygen atoms in total. The Morgan fingerprint density at radius 3 is 1.98 bits per heavy atom. The third-order valence-electron chi connectivity index (χ3n) is 8.93. The van der Waals surface area contributed by atoms with Crippen molar-refractivity contribution in [3.05, 3.63) is 70.0 Å². The second kappa shape index (κ2) is 11.7. The summed E-state index contributed by atoms with van der Waals surface area (Å²) in [5.41, 5.74) is -3.62. The van der Waals surface area contributed by atoms with Crippen LogP contribution in [0.2, 0.25) is 0 Å². The van der Waals surface area contributed by atoms with Gasteiger partial charge in [0.25, 0.3) is 0 Å². The predicted molar refractivity (Wildman–Crippen MR) is 147 cm³/mol. The van der Waals surface area contributed by atoms with Crippen LogP contribution in [-0.2, 0) is 27.4 Å². The number of hydrogen-bond acceptors (Lipinski definition) is 3. The van der Waals surface area contributed by atoms with Crippen LogP contribution in [0.4, 0.5) is 30.7 Å². The molecule has 2 aliphatic rings. The first-order valence-corrected chi connectivity index (χ1v) is 14.2. The van der Waals surface area contributed by atoms with Crippen LogP contribution in [0.15, 0.2) is 36.4 Å². The van der Waals surface area contributed by atoms with E-state index >= 15 is 0 Å². The molecule has 0 bridgehead atoms. The molecule has 0 aliphatic carbocycles. The summed E-state index contributed by atoms with van der Waals surface area (Å²) >= 11 is 0. The lowest BCUT2D eigenvalue weighted by Gasteiger charge is -2.51. The summed E-state index contributed by atoms with van der Waals surface area (Å²) in [6.07, 6.45) is -9.21. The second-order valence-electron chi connectivity index (χ2n) is 12.1. The van der Waals surface area contributed by atoms with Gasteiger partial charge in [0, 0.05) is 57.6 Å². The summed E-state index contributed by atoms with van der Waals surface area (Å²) in [5.74, 6) is -1.31. The van der Waals surface area contributed by atoms with E-state index in [0.717, 1.165) is 5.56 Å². The average molecular weight is 616 g/mol. The Bertz CT molecular complexity index is 1330. The number of rotatable bonds is 6. The van der Waals surface area contributed by atoms with Crippen molar-refractivity contribution in [2.45, 2.75) is 76.3 Å². The number of likely N-dealkylation sites (tertiary alicyclic amines) is 2. The Labute approximate surface area is 246 Å². The molecule has 0 aromatic heterocycles. The molecule has 4 rings (SSSR count). The molecule has 2 saturated heterocycles. The number of hydrogen-bond donors (Lipinski definition) is 0. The van der Waals surface area contributed by atoms with Crippen LogP contribution in [-0.4, -0.2) is 71.8 Å². The number of alkyl halides is 6. The first-order valence-electron chi connectivity index (χ1n) is 14.2. The van der Waals surface area contributed by atoms with Crippen LogP contribution in [0.3, 0.4) is 0 Å². The monoisotopic (exact) mass is 615 g/mol. The van der Waals surface area contributed by atoms with Crippen molar-refractivity contribution in [3.8, 4) is 0 Å². The largest absolute Gasteiger partial charge is 0.416 e. The molecule has 0 spiro atoms. The van der Waals surface area contributed by atoms with Crippen molar-refractivity contribution in [3.63, 3.8) is 0 Å². The van der Waals surface area contributed by atoms with Crippen molar-refractivity contribution in [1.29, 1.82) is 0 Å². The number of amides is 2. The Balaban J connectivity index is 1.66. The second-order valence-corrected chi connectivity index (χ2v) is 12.1. The fraction of sp³-hybridized carbons (Fsp3) is 0.548. The topological polar surface area (TPSA) is 43.9 Å². The zero-order chi connectivity index (χ0) is 32.1. The molecule has 236 valence electrons. The van der Waals surface area contributed by atoms with E-state index in [4.69, 9.17) is 0 Å². The molecule has 0 radical (unpaired) electrons. The van der Waals surface area contributed by atoms with E-state index in [1.54, 1.807) is 24.8 Å². The zero-order valence-corrected chi connectivity index (χ0v) is 24.7. The van der Waals surface area contributed by atoms with Crippen LogP contribution in [0.25, 0.3) is 0 Å². The molecule has 2 aromatic rings. The summed E-state index contributed by atoms with van der Waals surface area (Å²) in [6.45, 7) is 8.40. The standard InChI is InChI=1S/C31H36F7N3O2/c1-6-27(42)41-15-23(16-41)40-10-9-26(25(17-40)24-8-7-22(32)11-18(24)2)39(5)28(43)29(3,4)19-12-20(30(33,34)35)14-21(13-19)31(36,37)38/h7-8,11-14,23,25-26H,6,9-10,15-17H2,1-5H3/t25-,26+/m0/s1. The Morgan fingerprint density at radius 1 is 0.907 bits per heavy atom. The molecule has 0 unspecified atom stereocenters. The van der Waals surface area contributed by atoms with E-state index in [9.17, 15) is 40.3 Å². The van der Waals surface area contributed by atoms with Gasteiger partial charge in [0.15, 0.2) is 0 Å². The number of carbonyl (C=O) groups excluding carboxylic acids is 2. The van der Waals surface area contributed by atoms with Crippen LogP contribution in [0.5, 0.6) is 0 Å². The molecule has 2 fully saturated rings. The molecule has 0 saturated carbocycles. The van der Waals surface area contributed by atoms with Gasteiger partial charge in [-0.25, -0.2) is 4.39 Å². The van der Waals surface area contributed by atoms with Gasteiger partial charge in [0.2, 0.25) is 11.8 Å². The Hall–Kier alpha value is -3.15. The van der Waals surface area contributed by atoms with Crippen LogP contribution in [0.1, 0.15) is 67.3 Å². The highest BCUT2D eigenvalue weighted by Crippen LogP contribution is 2.41. The van der Waals surface area contributed by atoms with E-state index in [1.807, 2.05) is 0 Å². The number of aryl methyl sites for hydroxylation is 1. The molecule has 2 aromatic carbocycles. The quantitative estimate of drug-likeness (QED) is 0.354. The van der Waals surface area contributed by atoms with Gasteiger partial charge < -0.3 is 9.80 Å². The molecular formula is C31H36F7N3O2. The highest BCUT2D eigenvalue weighted by molar-refractivity contribution is 5.87. The first kappa shape index (κ1) is 32.8.